The molecule has 0 heteroatoms. The largest absolute Gasteiger partial charge is 0.0656 e. The number of rotatable bonds is 1. The maximum absolute atomic E-state index is 2.18. The summed E-state index contributed by atoms with van der Waals surface area (Å²) in [6, 6.07) is 0. The molecular formula is C7H18. The van der Waals surface area contributed by atoms with Crippen molar-refractivity contribution >= 4 is 0 Å². The van der Waals surface area contributed by atoms with Crippen LogP contribution in [0.4, 0.5) is 0 Å². The minimum atomic E-state index is 1.25. The van der Waals surface area contributed by atoms with Crippen LogP contribution in [0.2, 0.25) is 0 Å². The van der Waals surface area contributed by atoms with Crippen LogP contribution in [0.15, 0.2) is 0 Å². The third-order valence-electron chi connectivity index (χ3n) is 0.500. The summed E-state index contributed by atoms with van der Waals surface area (Å²) in [5.41, 5.74) is 0. The van der Waals surface area contributed by atoms with Gasteiger partial charge in [0, 0.05) is 0 Å². The zero-order chi connectivity index (χ0) is 6.12. The van der Waals surface area contributed by atoms with Gasteiger partial charge in [-0.15, -0.1) is 0 Å². The molecule has 0 fully saturated rings. The molecule has 0 bridgehead atoms. The van der Waals surface area contributed by atoms with Gasteiger partial charge < -0.3 is 0 Å². The Kier molecular flexibility index (Phi) is 24.0. The van der Waals surface area contributed by atoms with Gasteiger partial charge in [-0.1, -0.05) is 47.0 Å². The second kappa shape index (κ2) is 16.7. The van der Waals surface area contributed by atoms with Crippen LogP contribution in [0.3, 0.4) is 0 Å². The Balaban J connectivity index is 0. The predicted octanol–water partition coefficient (Wildman–Crippen LogP) is 3.22. The van der Waals surface area contributed by atoms with Gasteiger partial charge in [-0.25, -0.2) is 0 Å². The molecular weight excluding hydrogens is 84.1 g/mol. The highest BCUT2D eigenvalue weighted by molar-refractivity contribution is 4.12. The van der Waals surface area contributed by atoms with Gasteiger partial charge in [0.2, 0.25) is 0 Å². The van der Waals surface area contributed by atoms with Gasteiger partial charge in [0.1, 0.15) is 0 Å². The standard InChI is InChI=1S/C4H10.C3H8/c1-3-4-2;1-3-2/h3-4H2,1-2H3;3H2,1-2H3. The van der Waals surface area contributed by atoms with Gasteiger partial charge in [0.15, 0.2) is 0 Å². The third-order valence-corrected chi connectivity index (χ3v) is 0.500. The van der Waals surface area contributed by atoms with E-state index in [-0.39, 0.29) is 0 Å². The zero-order valence-corrected chi connectivity index (χ0v) is 6.12. The van der Waals surface area contributed by atoms with Crippen molar-refractivity contribution in [1.29, 1.82) is 0 Å². The van der Waals surface area contributed by atoms with E-state index in [0.29, 0.717) is 0 Å². The van der Waals surface area contributed by atoms with Gasteiger partial charge in [0.05, 0.1) is 0 Å². The summed E-state index contributed by atoms with van der Waals surface area (Å²) in [4.78, 5) is 0. The van der Waals surface area contributed by atoms with E-state index < -0.39 is 0 Å². The van der Waals surface area contributed by atoms with Crippen molar-refractivity contribution in [2.75, 3.05) is 0 Å². The van der Waals surface area contributed by atoms with Crippen molar-refractivity contribution in [3.05, 3.63) is 0 Å². The first-order valence-electron chi connectivity index (χ1n) is 3.33. The second-order valence-corrected chi connectivity index (χ2v) is 1.71. The van der Waals surface area contributed by atoms with Gasteiger partial charge in [0.25, 0.3) is 0 Å². The minimum absolute atomic E-state index is 1.25. The second-order valence-electron chi connectivity index (χ2n) is 1.71. The summed E-state index contributed by atoms with van der Waals surface area (Å²) in [5, 5.41) is 0. The molecule has 0 saturated carbocycles. The maximum Gasteiger partial charge on any atom is -0.0564 e. The third kappa shape index (κ3) is 96.0. The fourth-order valence-corrected chi connectivity index (χ4v) is 0. The summed E-state index contributed by atoms with van der Waals surface area (Å²) in [6.07, 6.45) is 3.89. The molecule has 0 aromatic heterocycles. The van der Waals surface area contributed by atoms with Crippen molar-refractivity contribution in [2.24, 2.45) is 0 Å². The highest BCUT2D eigenvalue weighted by atomic mass is 13.6. The Morgan fingerprint density at radius 2 is 0.857 bits per heavy atom. The van der Waals surface area contributed by atoms with Crippen LogP contribution in [0, 0.1) is 0 Å². The molecule has 0 aromatic carbocycles. The average Bonchev–Trinajstić information content (AvgIpc) is 1.69. The Hall–Kier alpha value is 0. The lowest BCUT2D eigenvalue weighted by atomic mass is 10.4. The number of hydrogen-bond acceptors (Lipinski definition) is 0. The quantitative estimate of drug-likeness (QED) is 0.477. The molecule has 7 heavy (non-hydrogen) atoms. The SMILES string of the molecule is CCC.CCCC. The topological polar surface area (TPSA) is 0 Å². The molecule has 0 rings (SSSR count). The van der Waals surface area contributed by atoms with E-state index in [1.807, 2.05) is 0 Å². The van der Waals surface area contributed by atoms with E-state index in [2.05, 4.69) is 27.7 Å². The molecule has 0 aliphatic carbocycles. The Bertz CT molecular complexity index is 7.51. The van der Waals surface area contributed by atoms with Crippen molar-refractivity contribution in [3.8, 4) is 0 Å². The van der Waals surface area contributed by atoms with Crippen LogP contribution in [0.5, 0.6) is 0 Å². The smallest absolute Gasteiger partial charge is 0.0564 e. The van der Waals surface area contributed by atoms with Crippen molar-refractivity contribution in [2.45, 2.75) is 47.0 Å². The fraction of sp³-hybridized carbons (Fsp3) is 1.00. The van der Waals surface area contributed by atoms with Crippen molar-refractivity contribution < 1.29 is 0 Å². The fourth-order valence-electron chi connectivity index (χ4n) is 0. The van der Waals surface area contributed by atoms with E-state index in [1.165, 1.54) is 19.3 Å². The molecule has 0 aliphatic rings. The van der Waals surface area contributed by atoms with Crippen LogP contribution in [-0.2, 0) is 0 Å². The first kappa shape index (κ1) is 10.1. The van der Waals surface area contributed by atoms with Crippen LogP contribution >= 0.6 is 0 Å². The molecule has 46 valence electrons. The Labute approximate surface area is 47.9 Å². The summed E-state index contributed by atoms with van der Waals surface area (Å²) >= 11 is 0. The molecule has 0 amide bonds. The van der Waals surface area contributed by atoms with Crippen LogP contribution in [-0.4, -0.2) is 0 Å². The van der Waals surface area contributed by atoms with Crippen molar-refractivity contribution in [3.63, 3.8) is 0 Å². The van der Waals surface area contributed by atoms with E-state index in [4.69, 9.17) is 0 Å². The first-order chi connectivity index (χ1) is 3.33. The maximum atomic E-state index is 2.18. The lowest BCUT2D eigenvalue weighted by molar-refractivity contribution is 0.886. The van der Waals surface area contributed by atoms with E-state index in [1.54, 1.807) is 0 Å². The van der Waals surface area contributed by atoms with Gasteiger partial charge in [-0.05, 0) is 0 Å². The highest BCUT2D eigenvalue weighted by Gasteiger charge is 1.56. The van der Waals surface area contributed by atoms with Gasteiger partial charge in [-0.2, -0.15) is 0 Å². The summed E-state index contributed by atoms with van der Waals surface area (Å²) in [7, 11) is 0. The lowest BCUT2D eigenvalue weighted by Crippen LogP contribution is -1.47. The van der Waals surface area contributed by atoms with Crippen molar-refractivity contribution in [1.82, 2.24) is 0 Å². The molecule has 0 atom stereocenters. The molecule has 0 N–H and O–H groups in total. The van der Waals surface area contributed by atoms with E-state index in [9.17, 15) is 0 Å². The number of hydrogen-bond donors (Lipinski definition) is 0. The number of unbranched alkanes of at least 4 members (excludes halogenated alkanes) is 1. The zero-order valence-electron chi connectivity index (χ0n) is 6.12. The van der Waals surface area contributed by atoms with E-state index >= 15 is 0 Å². The summed E-state index contributed by atoms with van der Waals surface area (Å²) in [6.45, 7) is 8.61. The van der Waals surface area contributed by atoms with Crippen LogP contribution < -0.4 is 0 Å². The molecule has 0 radical (unpaired) electrons. The molecule has 0 heterocycles. The monoisotopic (exact) mass is 102 g/mol. The molecule has 0 spiro atoms. The van der Waals surface area contributed by atoms with Crippen LogP contribution in [0.1, 0.15) is 47.0 Å². The van der Waals surface area contributed by atoms with Crippen LogP contribution in [0.25, 0.3) is 0 Å². The molecule has 0 nitrogen and oxygen atoms in total. The lowest BCUT2D eigenvalue weighted by Gasteiger charge is -1.68. The summed E-state index contributed by atoms with van der Waals surface area (Å²) in [5.74, 6) is 0. The molecule has 0 unspecified atom stereocenters. The molecule has 0 saturated heterocycles. The predicted molar refractivity (Wildman–Crippen MR) is 36.5 cm³/mol. The molecule has 0 aromatic rings. The minimum Gasteiger partial charge on any atom is -0.0656 e. The van der Waals surface area contributed by atoms with Gasteiger partial charge in [-0.3, -0.25) is 0 Å². The highest BCUT2D eigenvalue weighted by Crippen LogP contribution is 1.76. The Morgan fingerprint density at radius 1 is 0.714 bits per heavy atom. The average molecular weight is 102 g/mol. The Morgan fingerprint density at radius 3 is 0.857 bits per heavy atom. The normalized spacial score (nSPS) is 6.86. The summed E-state index contributed by atoms with van der Waals surface area (Å²) < 4.78 is 0. The first-order valence-corrected chi connectivity index (χ1v) is 3.33. The molecule has 0 aliphatic heterocycles. The van der Waals surface area contributed by atoms with E-state index in [0.717, 1.165) is 0 Å². The van der Waals surface area contributed by atoms with Gasteiger partial charge >= 0.3 is 0 Å².